The zero-order chi connectivity index (χ0) is 14.5. The molecule has 0 fully saturated rings. The quantitative estimate of drug-likeness (QED) is 0.906. The van der Waals surface area contributed by atoms with Crippen molar-refractivity contribution in [2.75, 3.05) is 0 Å². The van der Waals surface area contributed by atoms with E-state index < -0.39 is 0 Å². The third-order valence-corrected chi connectivity index (χ3v) is 3.39. The maximum atomic E-state index is 12.0. The van der Waals surface area contributed by atoms with E-state index in [1.54, 1.807) is 11.0 Å². The van der Waals surface area contributed by atoms with Gasteiger partial charge in [-0.25, -0.2) is 9.67 Å². The fourth-order valence-corrected chi connectivity index (χ4v) is 1.72. The number of rotatable bonds is 5. The predicted molar refractivity (Wildman–Crippen MR) is 77.3 cm³/mol. The average Bonchev–Trinajstić information content (AvgIpc) is 2.92. The molecule has 1 N–H and O–H groups in total. The number of amides is 1. The lowest BCUT2D eigenvalue weighted by molar-refractivity contribution is 0.0930. The van der Waals surface area contributed by atoms with Crippen molar-refractivity contribution in [3.63, 3.8) is 0 Å². The van der Waals surface area contributed by atoms with E-state index in [-0.39, 0.29) is 11.9 Å². The minimum atomic E-state index is -0.0292. The Balaban J connectivity index is 1.99. The monoisotopic (exact) mass is 272 g/mol. The van der Waals surface area contributed by atoms with E-state index >= 15 is 0 Å². The lowest BCUT2D eigenvalue weighted by atomic mass is 10.1. The van der Waals surface area contributed by atoms with Crippen LogP contribution < -0.4 is 5.32 Å². The van der Waals surface area contributed by atoms with Crippen LogP contribution in [0.5, 0.6) is 0 Å². The molecule has 5 heteroatoms. The van der Waals surface area contributed by atoms with Crippen molar-refractivity contribution in [1.82, 2.24) is 20.1 Å². The van der Waals surface area contributed by atoms with Gasteiger partial charge in [0, 0.05) is 11.6 Å². The molecule has 1 atom stereocenters. The predicted octanol–water partition coefficient (Wildman–Crippen LogP) is 2.10. The Kier molecular flexibility index (Phi) is 4.50. The summed E-state index contributed by atoms with van der Waals surface area (Å²) in [5.74, 6) is 0.393. The molecule has 0 saturated heterocycles. The highest BCUT2D eigenvalue weighted by atomic mass is 16.1. The van der Waals surface area contributed by atoms with Crippen molar-refractivity contribution in [2.45, 2.75) is 33.4 Å². The normalized spacial score (nSPS) is 12.4. The maximum Gasteiger partial charge on any atom is 0.251 e. The minimum Gasteiger partial charge on any atom is -0.349 e. The van der Waals surface area contributed by atoms with Crippen LogP contribution in [0.1, 0.15) is 36.7 Å². The molecular formula is C15H20N4O. The summed E-state index contributed by atoms with van der Waals surface area (Å²) in [6, 6.07) is 7.73. The Morgan fingerprint density at radius 1 is 1.25 bits per heavy atom. The van der Waals surface area contributed by atoms with Crippen LogP contribution in [0.2, 0.25) is 0 Å². The highest BCUT2D eigenvalue weighted by Crippen LogP contribution is 2.07. The first-order valence-corrected chi connectivity index (χ1v) is 6.78. The van der Waals surface area contributed by atoms with Gasteiger partial charge in [-0.3, -0.25) is 4.79 Å². The largest absolute Gasteiger partial charge is 0.349 e. The highest BCUT2D eigenvalue weighted by Gasteiger charge is 2.12. The van der Waals surface area contributed by atoms with Crippen LogP contribution in [0.3, 0.4) is 0 Å². The van der Waals surface area contributed by atoms with E-state index in [0.29, 0.717) is 18.0 Å². The minimum absolute atomic E-state index is 0.0292. The number of aromatic nitrogens is 3. The second-order valence-corrected chi connectivity index (χ2v) is 5.30. The van der Waals surface area contributed by atoms with E-state index in [2.05, 4.69) is 29.2 Å². The zero-order valence-corrected chi connectivity index (χ0v) is 12.1. The molecule has 1 aromatic carbocycles. The van der Waals surface area contributed by atoms with Crippen LogP contribution in [0.15, 0.2) is 36.9 Å². The number of hydrogen-bond acceptors (Lipinski definition) is 3. The van der Waals surface area contributed by atoms with Crippen LogP contribution in [0.25, 0.3) is 0 Å². The van der Waals surface area contributed by atoms with Gasteiger partial charge in [0.25, 0.3) is 5.91 Å². The summed E-state index contributed by atoms with van der Waals surface area (Å²) in [6.45, 7) is 6.85. The van der Waals surface area contributed by atoms with E-state index in [9.17, 15) is 4.79 Å². The number of carbonyl (C=O) groups is 1. The molecule has 2 rings (SSSR count). The second kappa shape index (κ2) is 6.32. The molecule has 0 saturated carbocycles. The fourth-order valence-electron chi connectivity index (χ4n) is 1.72. The van der Waals surface area contributed by atoms with Crippen LogP contribution in [-0.4, -0.2) is 26.7 Å². The topological polar surface area (TPSA) is 59.8 Å². The van der Waals surface area contributed by atoms with Gasteiger partial charge in [0.15, 0.2) is 0 Å². The van der Waals surface area contributed by atoms with Gasteiger partial charge in [-0.05, 0) is 30.5 Å². The number of hydrogen-bond donors (Lipinski definition) is 1. The Hall–Kier alpha value is -2.17. The molecule has 0 spiro atoms. The zero-order valence-electron chi connectivity index (χ0n) is 12.1. The Bertz CT molecular complexity index is 546. The van der Waals surface area contributed by atoms with Gasteiger partial charge in [0.1, 0.15) is 12.7 Å². The molecule has 0 bridgehead atoms. The molecule has 1 heterocycles. The fraction of sp³-hybridized carbons (Fsp3) is 0.400. The van der Waals surface area contributed by atoms with Gasteiger partial charge in [-0.1, -0.05) is 26.0 Å². The highest BCUT2D eigenvalue weighted by molar-refractivity contribution is 5.94. The first-order valence-electron chi connectivity index (χ1n) is 6.78. The molecule has 0 aliphatic rings. The third-order valence-electron chi connectivity index (χ3n) is 3.39. The average molecular weight is 272 g/mol. The lowest BCUT2D eigenvalue weighted by Crippen LogP contribution is -2.36. The van der Waals surface area contributed by atoms with Gasteiger partial charge in [0.2, 0.25) is 0 Å². The molecule has 20 heavy (non-hydrogen) atoms. The van der Waals surface area contributed by atoms with Gasteiger partial charge in [-0.2, -0.15) is 5.10 Å². The molecule has 1 aromatic heterocycles. The van der Waals surface area contributed by atoms with E-state index in [4.69, 9.17) is 0 Å². The molecule has 1 unspecified atom stereocenters. The standard InChI is InChI=1S/C15H20N4O/c1-11(2)12(3)18-15(20)14-6-4-13(5-7-14)8-19-10-16-9-17-19/h4-7,9-12H,8H2,1-3H3,(H,18,20). The van der Waals surface area contributed by atoms with Gasteiger partial charge in [0.05, 0.1) is 6.54 Å². The summed E-state index contributed by atoms with van der Waals surface area (Å²) in [5.41, 5.74) is 1.77. The summed E-state index contributed by atoms with van der Waals surface area (Å²) in [4.78, 5) is 16.0. The lowest BCUT2D eigenvalue weighted by Gasteiger charge is -2.17. The third kappa shape index (κ3) is 3.66. The Labute approximate surface area is 119 Å². The molecule has 0 radical (unpaired) electrons. The van der Waals surface area contributed by atoms with Gasteiger partial charge < -0.3 is 5.32 Å². The van der Waals surface area contributed by atoms with Crippen LogP contribution >= 0.6 is 0 Å². The molecule has 1 amide bonds. The van der Waals surface area contributed by atoms with Crippen molar-refractivity contribution < 1.29 is 4.79 Å². The summed E-state index contributed by atoms with van der Waals surface area (Å²) in [5, 5.41) is 7.05. The first-order chi connectivity index (χ1) is 9.56. The van der Waals surface area contributed by atoms with Crippen molar-refractivity contribution in [3.05, 3.63) is 48.0 Å². The summed E-state index contributed by atoms with van der Waals surface area (Å²) >= 11 is 0. The molecule has 106 valence electrons. The van der Waals surface area contributed by atoms with Crippen molar-refractivity contribution >= 4 is 5.91 Å². The van der Waals surface area contributed by atoms with Gasteiger partial charge in [-0.15, -0.1) is 0 Å². The molecule has 0 aliphatic carbocycles. The summed E-state index contributed by atoms with van der Waals surface area (Å²) < 4.78 is 1.75. The number of benzene rings is 1. The SMILES string of the molecule is CC(C)C(C)NC(=O)c1ccc(Cn2cncn2)cc1. The van der Waals surface area contributed by atoms with Crippen LogP contribution in [0, 0.1) is 5.92 Å². The van der Waals surface area contributed by atoms with Crippen molar-refractivity contribution in [3.8, 4) is 0 Å². The molecular weight excluding hydrogens is 252 g/mol. The first kappa shape index (κ1) is 14.2. The Morgan fingerprint density at radius 2 is 1.95 bits per heavy atom. The molecule has 0 aliphatic heterocycles. The number of nitrogens with one attached hydrogen (secondary N) is 1. The van der Waals surface area contributed by atoms with Crippen LogP contribution in [0.4, 0.5) is 0 Å². The second-order valence-electron chi connectivity index (χ2n) is 5.30. The smallest absolute Gasteiger partial charge is 0.251 e. The van der Waals surface area contributed by atoms with Gasteiger partial charge >= 0.3 is 0 Å². The van der Waals surface area contributed by atoms with Crippen molar-refractivity contribution in [1.29, 1.82) is 0 Å². The maximum absolute atomic E-state index is 12.0. The van der Waals surface area contributed by atoms with Crippen LogP contribution in [-0.2, 0) is 6.54 Å². The molecule has 5 nitrogen and oxygen atoms in total. The van der Waals surface area contributed by atoms with E-state index in [1.807, 2.05) is 31.2 Å². The van der Waals surface area contributed by atoms with E-state index in [1.165, 1.54) is 6.33 Å². The summed E-state index contributed by atoms with van der Waals surface area (Å²) in [6.07, 6.45) is 3.18. The number of carbonyl (C=O) groups excluding carboxylic acids is 1. The summed E-state index contributed by atoms with van der Waals surface area (Å²) in [7, 11) is 0. The van der Waals surface area contributed by atoms with Crippen molar-refractivity contribution in [2.24, 2.45) is 5.92 Å². The van der Waals surface area contributed by atoms with E-state index in [0.717, 1.165) is 5.56 Å². The number of nitrogens with zero attached hydrogens (tertiary/aromatic N) is 3. The Morgan fingerprint density at radius 3 is 2.50 bits per heavy atom. The molecule has 2 aromatic rings.